The first-order valence-electron chi connectivity index (χ1n) is 7.71. The van der Waals surface area contributed by atoms with Crippen molar-refractivity contribution < 1.29 is 13.2 Å². The van der Waals surface area contributed by atoms with Crippen molar-refractivity contribution in [3.05, 3.63) is 66.2 Å². The first-order chi connectivity index (χ1) is 12.4. The molecule has 3 aromatic rings. The number of anilines is 5. The van der Waals surface area contributed by atoms with Crippen LogP contribution in [-0.2, 0) is 0 Å². The molecule has 2 aromatic carbocycles. The van der Waals surface area contributed by atoms with Gasteiger partial charge in [0.15, 0.2) is 17.5 Å². The molecule has 134 valence electrons. The topological polar surface area (TPSA) is 53.1 Å². The molecule has 1 heterocycles. The van der Waals surface area contributed by atoms with E-state index in [1.54, 1.807) is 0 Å². The van der Waals surface area contributed by atoms with Crippen LogP contribution in [0.2, 0.25) is 0 Å². The highest BCUT2D eigenvalue weighted by molar-refractivity contribution is 5.64. The van der Waals surface area contributed by atoms with Crippen LogP contribution in [0.15, 0.2) is 48.8 Å². The highest BCUT2D eigenvalue weighted by Crippen LogP contribution is 2.24. The van der Waals surface area contributed by atoms with Gasteiger partial charge in [-0.15, -0.1) is 0 Å². The molecular formula is C18H16F3N5. The van der Waals surface area contributed by atoms with Crippen molar-refractivity contribution in [2.24, 2.45) is 0 Å². The van der Waals surface area contributed by atoms with Gasteiger partial charge in [-0.05, 0) is 36.4 Å². The van der Waals surface area contributed by atoms with Gasteiger partial charge < -0.3 is 15.5 Å². The molecule has 0 amide bonds. The Bertz CT molecular complexity index is 913. The van der Waals surface area contributed by atoms with E-state index in [-0.39, 0.29) is 11.5 Å². The predicted molar refractivity (Wildman–Crippen MR) is 95.7 cm³/mol. The Balaban J connectivity index is 1.77. The van der Waals surface area contributed by atoms with E-state index in [1.807, 2.05) is 43.3 Å². The van der Waals surface area contributed by atoms with Gasteiger partial charge in [-0.2, -0.15) is 0 Å². The summed E-state index contributed by atoms with van der Waals surface area (Å²) in [6, 6.07) is 11.1. The molecule has 0 saturated carbocycles. The van der Waals surface area contributed by atoms with Gasteiger partial charge in [-0.25, -0.2) is 23.1 Å². The molecule has 0 spiro atoms. The summed E-state index contributed by atoms with van der Waals surface area (Å²) in [5.74, 6) is -3.40. The first kappa shape index (κ1) is 17.5. The number of benzene rings is 2. The Morgan fingerprint density at radius 2 is 1.46 bits per heavy atom. The van der Waals surface area contributed by atoms with Crippen molar-refractivity contribution in [2.75, 3.05) is 29.6 Å². The molecule has 0 aliphatic carbocycles. The molecule has 0 fully saturated rings. The molecule has 0 unspecified atom stereocenters. The van der Waals surface area contributed by atoms with Gasteiger partial charge in [-0.1, -0.05) is 0 Å². The second-order valence-electron chi connectivity index (χ2n) is 5.70. The molecule has 5 nitrogen and oxygen atoms in total. The van der Waals surface area contributed by atoms with Crippen molar-refractivity contribution in [2.45, 2.75) is 0 Å². The number of halogens is 3. The minimum Gasteiger partial charge on any atom is -0.378 e. The minimum atomic E-state index is -1.54. The molecular weight excluding hydrogens is 343 g/mol. The lowest BCUT2D eigenvalue weighted by Crippen LogP contribution is -2.08. The average Bonchev–Trinajstić information content (AvgIpc) is 2.63. The van der Waals surface area contributed by atoms with Crippen molar-refractivity contribution in [3.8, 4) is 0 Å². The molecule has 0 aliphatic heterocycles. The largest absolute Gasteiger partial charge is 0.378 e. The van der Waals surface area contributed by atoms with Crippen molar-refractivity contribution >= 4 is 28.7 Å². The van der Waals surface area contributed by atoms with Crippen molar-refractivity contribution in [3.63, 3.8) is 0 Å². The second-order valence-corrected chi connectivity index (χ2v) is 5.70. The van der Waals surface area contributed by atoms with E-state index in [1.165, 1.54) is 12.4 Å². The SMILES string of the molecule is CN(C)c1ccc(Nc2cc(Nc3ccc(F)c(F)c3F)ncn2)cc1. The lowest BCUT2D eigenvalue weighted by atomic mass is 10.2. The fourth-order valence-corrected chi connectivity index (χ4v) is 2.25. The summed E-state index contributed by atoms with van der Waals surface area (Å²) >= 11 is 0. The number of aromatic nitrogens is 2. The second kappa shape index (κ2) is 7.30. The Morgan fingerprint density at radius 3 is 2.12 bits per heavy atom. The van der Waals surface area contributed by atoms with Gasteiger partial charge in [0.2, 0.25) is 0 Å². The third-order valence-corrected chi connectivity index (χ3v) is 3.62. The molecule has 0 atom stereocenters. The van der Waals surface area contributed by atoms with Crippen LogP contribution in [0.3, 0.4) is 0 Å². The van der Waals surface area contributed by atoms with Crippen LogP contribution in [-0.4, -0.2) is 24.1 Å². The fraction of sp³-hybridized carbons (Fsp3) is 0.111. The lowest BCUT2D eigenvalue weighted by molar-refractivity contribution is 0.449. The number of nitrogens with one attached hydrogen (secondary N) is 2. The van der Waals surface area contributed by atoms with Crippen LogP contribution in [0, 0.1) is 17.5 Å². The number of nitrogens with zero attached hydrogens (tertiary/aromatic N) is 3. The molecule has 8 heteroatoms. The Kier molecular flexibility index (Phi) is 4.92. The van der Waals surface area contributed by atoms with Crippen molar-refractivity contribution in [1.29, 1.82) is 0 Å². The monoisotopic (exact) mass is 359 g/mol. The highest BCUT2D eigenvalue weighted by atomic mass is 19.2. The maximum Gasteiger partial charge on any atom is 0.196 e. The van der Waals surface area contributed by atoms with Crippen LogP contribution in [0.25, 0.3) is 0 Å². The molecule has 3 rings (SSSR count). The van der Waals surface area contributed by atoms with Crippen LogP contribution in [0.4, 0.5) is 41.9 Å². The third-order valence-electron chi connectivity index (χ3n) is 3.62. The van der Waals surface area contributed by atoms with E-state index in [9.17, 15) is 13.2 Å². The molecule has 2 N–H and O–H groups in total. The minimum absolute atomic E-state index is 0.219. The molecule has 0 saturated heterocycles. The maximum atomic E-state index is 13.8. The third kappa shape index (κ3) is 3.85. The molecule has 26 heavy (non-hydrogen) atoms. The first-order valence-corrected chi connectivity index (χ1v) is 7.71. The zero-order valence-electron chi connectivity index (χ0n) is 14.1. The molecule has 0 bridgehead atoms. The highest BCUT2D eigenvalue weighted by Gasteiger charge is 2.14. The summed E-state index contributed by atoms with van der Waals surface area (Å²) in [6.07, 6.45) is 1.27. The smallest absolute Gasteiger partial charge is 0.196 e. The molecule has 1 aromatic heterocycles. The number of rotatable bonds is 5. The summed E-state index contributed by atoms with van der Waals surface area (Å²) in [5.41, 5.74) is 1.64. The van der Waals surface area contributed by atoms with Gasteiger partial charge in [-0.3, -0.25) is 0 Å². The van der Waals surface area contributed by atoms with Gasteiger partial charge in [0, 0.05) is 31.5 Å². The number of hydrogen-bond donors (Lipinski definition) is 2. The van der Waals surface area contributed by atoms with Crippen LogP contribution in [0.5, 0.6) is 0 Å². The van der Waals surface area contributed by atoms with Gasteiger partial charge in [0.05, 0.1) is 5.69 Å². The summed E-state index contributed by atoms with van der Waals surface area (Å²) in [5, 5.41) is 5.70. The van der Waals surface area contributed by atoms with Crippen molar-refractivity contribution in [1.82, 2.24) is 9.97 Å². The summed E-state index contributed by atoms with van der Waals surface area (Å²) in [7, 11) is 3.89. The summed E-state index contributed by atoms with van der Waals surface area (Å²) in [6.45, 7) is 0. The quantitative estimate of drug-likeness (QED) is 0.660. The zero-order chi connectivity index (χ0) is 18.7. The average molecular weight is 359 g/mol. The Labute approximate surface area is 148 Å². The van der Waals surface area contributed by atoms with Crippen LogP contribution in [0.1, 0.15) is 0 Å². The van der Waals surface area contributed by atoms with Gasteiger partial charge >= 0.3 is 0 Å². The Morgan fingerprint density at radius 1 is 0.808 bits per heavy atom. The Hall–Kier alpha value is -3.29. The predicted octanol–water partition coefficient (Wildman–Crippen LogP) is 4.45. The summed E-state index contributed by atoms with van der Waals surface area (Å²) in [4.78, 5) is 10.0. The normalized spacial score (nSPS) is 10.5. The molecule has 0 aliphatic rings. The number of hydrogen-bond acceptors (Lipinski definition) is 5. The lowest BCUT2D eigenvalue weighted by Gasteiger charge is -2.13. The van der Waals surface area contributed by atoms with Gasteiger partial charge in [0.25, 0.3) is 0 Å². The van der Waals surface area contributed by atoms with E-state index < -0.39 is 17.5 Å². The van der Waals surface area contributed by atoms with Gasteiger partial charge in [0.1, 0.15) is 18.0 Å². The summed E-state index contributed by atoms with van der Waals surface area (Å²) < 4.78 is 40.1. The zero-order valence-corrected chi connectivity index (χ0v) is 14.1. The maximum absolute atomic E-state index is 13.8. The van der Waals surface area contributed by atoms with E-state index >= 15 is 0 Å². The fourth-order valence-electron chi connectivity index (χ4n) is 2.25. The standard InChI is InChI=1S/C18H16F3N5/c1-26(2)12-5-3-11(4-6-12)24-15-9-16(23-10-22-15)25-14-8-7-13(19)17(20)18(14)21/h3-10H,1-2H3,(H2,22,23,24,25). The molecule has 0 radical (unpaired) electrons. The van der Waals surface area contributed by atoms with E-state index in [2.05, 4.69) is 20.6 Å². The van der Waals surface area contributed by atoms with Crippen LogP contribution >= 0.6 is 0 Å². The van der Waals surface area contributed by atoms with E-state index in [0.29, 0.717) is 5.82 Å². The van der Waals surface area contributed by atoms with Crippen LogP contribution < -0.4 is 15.5 Å². The van der Waals surface area contributed by atoms with E-state index in [0.717, 1.165) is 23.5 Å². The van der Waals surface area contributed by atoms with E-state index in [4.69, 9.17) is 0 Å².